The van der Waals surface area contributed by atoms with Gasteiger partial charge in [0.2, 0.25) is 41.4 Å². The molecule has 0 radical (unpaired) electrons. The minimum atomic E-state index is -2.31. The van der Waals surface area contributed by atoms with Crippen molar-refractivity contribution in [2.24, 2.45) is 11.8 Å². The van der Waals surface area contributed by atoms with Crippen LogP contribution in [-0.2, 0) is 93.1 Å². The zero-order chi connectivity index (χ0) is 62.8. The topological polar surface area (TPSA) is 526 Å². The number of nitrogens with one attached hydrogen (secondary N) is 7. The minimum absolute atomic E-state index is 0.0403. The fourth-order valence-corrected chi connectivity index (χ4v) is 9.84. The number of amides is 7. The highest BCUT2D eigenvalue weighted by atomic mass is 32.1. The Morgan fingerprint density at radius 3 is 1.40 bits per heavy atom. The molecule has 0 aliphatic heterocycles. The first-order chi connectivity index (χ1) is 40.1. The molecular formula is C50H69N13O21S. The third-order valence-corrected chi connectivity index (χ3v) is 15.1. The molecule has 7 amide bonds. The quantitative estimate of drug-likeness (QED) is 0.0233. The van der Waals surface area contributed by atoms with Crippen LogP contribution >= 0.6 is 12.6 Å². The maximum atomic E-state index is 14.1. The Morgan fingerprint density at radius 1 is 0.506 bits per heavy atom. The Balaban J connectivity index is 1.16. The second kappa shape index (κ2) is 30.1. The average Bonchev–Trinajstić information content (AvgIpc) is 2.93. The first kappa shape index (κ1) is 67.0. The first-order valence-electron chi connectivity index (χ1n) is 27.3. The van der Waals surface area contributed by atoms with Gasteiger partial charge in [0.05, 0.1) is 36.1 Å². The van der Waals surface area contributed by atoms with Crippen LogP contribution in [0.5, 0.6) is 0 Å². The van der Waals surface area contributed by atoms with E-state index in [9.17, 15) is 92.7 Å². The summed E-state index contributed by atoms with van der Waals surface area (Å²) in [7, 11) is 0. The number of carbonyl (C=O) groups is 14. The van der Waals surface area contributed by atoms with Gasteiger partial charge >= 0.3 is 41.8 Å². The number of carboxylic acid groups (broad SMARTS) is 7. The fourth-order valence-electron chi connectivity index (χ4n) is 9.37. The predicted octanol–water partition coefficient (Wildman–Crippen LogP) is -3.02. The molecule has 35 heteroatoms. The number of hydrogen-bond donors (Lipinski definition) is 15. The number of aromatic nitrogens is 6. The Labute approximate surface area is 488 Å². The van der Waals surface area contributed by atoms with Gasteiger partial charge in [0.25, 0.3) is 0 Å². The van der Waals surface area contributed by atoms with Crippen molar-refractivity contribution < 1.29 is 103 Å². The van der Waals surface area contributed by atoms with E-state index >= 15 is 0 Å². The molecule has 0 bridgehead atoms. The van der Waals surface area contributed by atoms with E-state index in [1.807, 2.05) is 0 Å². The van der Waals surface area contributed by atoms with Crippen molar-refractivity contribution in [3.05, 3.63) is 23.8 Å². The predicted molar refractivity (Wildman–Crippen MR) is 285 cm³/mol. The van der Waals surface area contributed by atoms with Crippen molar-refractivity contribution in [1.82, 2.24) is 67.2 Å². The summed E-state index contributed by atoms with van der Waals surface area (Å²) >= 11 is 4.17. The SMILES string of the molecule is O=C(O)CCCc1cn(CCCCC(=O)N[C@@H](CC(=O)O)C(=O)NC2(C(=O)N[C@@H](CCCCNC(=O)[C@H](CC(=O)O)NC(=O)C3(NC(=O)CCCCn4cc(CCCC(=O)O)nn4)C[C@@H]3C(=O)O)C(=O)NC3(C(=O)O)C[C@H]3S)C[C@@H]2C(=O)O)nn1. The smallest absolute Gasteiger partial charge is 0.330 e. The molecule has 34 nitrogen and oxygen atoms in total. The number of aryl methyl sites for hydroxylation is 4. The summed E-state index contributed by atoms with van der Waals surface area (Å²) in [6.45, 7) is 0.339. The van der Waals surface area contributed by atoms with E-state index in [1.165, 1.54) is 9.36 Å². The van der Waals surface area contributed by atoms with Crippen LogP contribution in [-0.4, -0.2) is 195 Å². The van der Waals surface area contributed by atoms with E-state index in [-0.39, 0.29) is 77.2 Å². The van der Waals surface area contributed by atoms with Crippen molar-refractivity contribution in [2.45, 2.75) is 181 Å². The van der Waals surface area contributed by atoms with Gasteiger partial charge in [-0.3, -0.25) is 71.7 Å². The average molecular weight is 1220 g/mol. The molecule has 466 valence electrons. The molecule has 3 unspecified atom stereocenters. The molecule has 14 N–H and O–H groups in total. The second-order valence-electron chi connectivity index (χ2n) is 21.2. The van der Waals surface area contributed by atoms with Crippen molar-refractivity contribution in [1.29, 1.82) is 0 Å². The number of nitrogens with zero attached hydrogens (tertiary/aromatic N) is 6. The summed E-state index contributed by atoms with van der Waals surface area (Å²) in [5.74, 6) is -19.9. The van der Waals surface area contributed by atoms with Crippen LogP contribution in [0.3, 0.4) is 0 Å². The summed E-state index contributed by atoms with van der Waals surface area (Å²) in [4.78, 5) is 177. The highest BCUT2D eigenvalue weighted by Crippen LogP contribution is 2.46. The molecule has 85 heavy (non-hydrogen) atoms. The zero-order valence-corrected chi connectivity index (χ0v) is 46.8. The molecule has 2 aromatic heterocycles. The van der Waals surface area contributed by atoms with Gasteiger partial charge in [0, 0.05) is 63.0 Å². The summed E-state index contributed by atoms with van der Waals surface area (Å²) in [5.41, 5.74) is -5.08. The van der Waals surface area contributed by atoms with E-state index in [2.05, 4.69) is 70.5 Å². The molecule has 3 saturated carbocycles. The summed E-state index contributed by atoms with van der Waals surface area (Å²) in [6.07, 6.45) is 1.90. The molecular weight excluding hydrogens is 1150 g/mol. The third-order valence-electron chi connectivity index (χ3n) is 14.5. The van der Waals surface area contributed by atoms with Crippen LogP contribution in [0, 0.1) is 11.8 Å². The molecule has 3 aliphatic carbocycles. The summed E-state index contributed by atoms with van der Waals surface area (Å²) < 4.78 is 2.99. The lowest BCUT2D eigenvalue weighted by Crippen LogP contribution is -2.60. The van der Waals surface area contributed by atoms with Gasteiger partial charge in [-0.1, -0.05) is 10.4 Å². The van der Waals surface area contributed by atoms with Gasteiger partial charge in [-0.05, 0) is 89.9 Å². The maximum absolute atomic E-state index is 14.1. The van der Waals surface area contributed by atoms with E-state index in [0.717, 1.165) is 0 Å². The zero-order valence-electron chi connectivity index (χ0n) is 45.9. The Morgan fingerprint density at radius 2 is 0.953 bits per heavy atom. The molecule has 3 aliphatic rings. The Hall–Kier alpha value is -8.79. The highest BCUT2D eigenvalue weighted by molar-refractivity contribution is 7.81. The van der Waals surface area contributed by atoms with Gasteiger partial charge in [0.1, 0.15) is 29.2 Å². The van der Waals surface area contributed by atoms with Gasteiger partial charge in [-0.25, -0.2) is 4.79 Å². The standard InChI is InChI=1S/C50H69N13O21S/c64-34(12-2-5-17-62-24-26(58-60-62)9-7-14-36(66)67)52-32(20-39(72)73)42(76)56-49(22-29(49)44(79)80)46(82)53-30(41(75)57-50(47(83)84)23-33(50)85)11-1-4-16-51-40(74)31(19-38(70)71)54-45(81)48(21-28(48)43(77)78)55-35(65)13-3-6-18-63-25-27(59-61-63)10-8-15-37(68)69/h24-25,28-33,85H,1-23H2,(H,51,74)(H,52,64)(H,53,82)(H,54,81)(H,55,65)(H,56,76)(H,57,75)(H,66,67)(H,68,69)(H,70,71)(H,72,73)(H,77,78)(H,79,80)(H,83,84)/t28-,29-,30+,31+,32+,33-,48?,49?,50?/m1/s1. The number of rotatable bonds is 41. The van der Waals surface area contributed by atoms with Crippen LogP contribution < -0.4 is 37.2 Å². The molecule has 2 aromatic rings. The molecule has 9 atom stereocenters. The fraction of sp³-hybridized carbons (Fsp3) is 0.640. The minimum Gasteiger partial charge on any atom is -0.481 e. The third kappa shape index (κ3) is 19.7. The highest BCUT2D eigenvalue weighted by Gasteiger charge is 2.67. The number of carboxylic acids is 7. The molecule has 2 heterocycles. The van der Waals surface area contributed by atoms with Crippen molar-refractivity contribution in [3.8, 4) is 0 Å². The second-order valence-corrected chi connectivity index (χ2v) is 21.8. The van der Waals surface area contributed by atoms with Gasteiger partial charge in [0.15, 0.2) is 5.54 Å². The number of unbranched alkanes of at least 4 members (excludes halogenated alkanes) is 3. The van der Waals surface area contributed by atoms with Crippen LogP contribution in [0.1, 0.15) is 127 Å². The Kier molecular flexibility index (Phi) is 23.8. The molecule has 0 saturated heterocycles. The number of hydrogen-bond acceptors (Lipinski definition) is 19. The van der Waals surface area contributed by atoms with Crippen LogP contribution in [0.2, 0.25) is 0 Å². The monoisotopic (exact) mass is 1220 g/mol. The first-order valence-corrected chi connectivity index (χ1v) is 27.8. The van der Waals surface area contributed by atoms with Crippen molar-refractivity contribution in [3.63, 3.8) is 0 Å². The van der Waals surface area contributed by atoms with E-state index in [0.29, 0.717) is 63.0 Å². The van der Waals surface area contributed by atoms with Crippen LogP contribution in [0.25, 0.3) is 0 Å². The largest absolute Gasteiger partial charge is 0.481 e. The van der Waals surface area contributed by atoms with Crippen molar-refractivity contribution >= 4 is 95.8 Å². The van der Waals surface area contributed by atoms with Gasteiger partial charge in [-0.2, -0.15) is 12.6 Å². The molecule has 0 spiro atoms. The lowest BCUT2D eigenvalue weighted by molar-refractivity contribution is -0.144. The number of carbonyl (C=O) groups excluding carboxylic acids is 7. The molecule has 5 rings (SSSR count). The summed E-state index contributed by atoms with van der Waals surface area (Å²) in [5, 5.41) is 97.9. The van der Waals surface area contributed by atoms with Crippen LogP contribution in [0.15, 0.2) is 12.4 Å². The lowest BCUT2D eigenvalue weighted by atomic mass is 10.0. The van der Waals surface area contributed by atoms with Gasteiger partial charge in [-0.15, -0.1) is 10.2 Å². The maximum Gasteiger partial charge on any atom is 0.330 e. The van der Waals surface area contributed by atoms with E-state index < -0.39 is 154 Å². The van der Waals surface area contributed by atoms with Crippen molar-refractivity contribution in [2.75, 3.05) is 6.54 Å². The summed E-state index contributed by atoms with van der Waals surface area (Å²) in [6, 6.07) is -5.31. The van der Waals surface area contributed by atoms with E-state index in [1.54, 1.807) is 12.4 Å². The molecule has 0 aromatic carbocycles. The number of thiol groups is 1. The van der Waals surface area contributed by atoms with E-state index in [4.69, 9.17) is 10.2 Å². The van der Waals surface area contributed by atoms with Gasteiger partial charge < -0.3 is 73.0 Å². The lowest BCUT2D eigenvalue weighted by Gasteiger charge is -2.26. The molecule has 3 fully saturated rings. The number of aliphatic carboxylic acids is 7. The normalized spacial score (nSPS) is 21.7. The van der Waals surface area contributed by atoms with Crippen LogP contribution in [0.4, 0.5) is 0 Å². The Bertz CT molecular complexity index is 2880.